The largest absolute Gasteiger partial charge is 0.381 e. The van der Waals surface area contributed by atoms with Gasteiger partial charge in [0.15, 0.2) is 0 Å². The molecule has 0 N–H and O–H groups in total. The van der Waals surface area contributed by atoms with Crippen LogP contribution in [0.4, 0.5) is 0 Å². The summed E-state index contributed by atoms with van der Waals surface area (Å²) in [5.41, 5.74) is 4.00. The van der Waals surface area contributed by atoms with E-state index in [2.05, 4.69) is 94.7 Å². The first-order valence-corrected chi connectivity index (χ1v) is 30.3. The van der Waals surface area contributed by atoms with Gasteiger partial charge >= 0.3 is 0 Å². The summed E-state index contributed by atoms with van der Waals surface area (Å²) in [5.74, 6) is 11.4. The molecule has 1 heterocycles. The quantitative estimate of drug-likeness (QED) is 0.161. The predicted octanol–water partition coefficient (Wildman–Crippen LogP) is 15.3. The lowest BCUT2D eigenvalue weighted by atomic mass is 9.46. The minimum absolute atomic E-state index is 0.0218. The number of methoxy groups -OCH3 is 1. The average molecular weight is 861 g/mol. The number of likely N-dealkylation sites (tertiary alicyclic amines) is 1. The first kappa shape index (κ1) is 46.2. The fourth-order valence-electron chi connectivity index (χ4n) is 20.4. The van der Waals surface area contributed by atoms with E-state index in [0.29, 0.717) is 27.8 Å². The summed E-state index contributed by atoms with van der Waals surface area (Å²) in [6, 6.07) is 3.28. The number of hydrogen-bond donors (Lipinski definition) is 0. The maximum absolute atomic E-state index is 6.35. The highest BCUT2D eigenvalue weighted by atomic mass is 28.3. The molecule has 8 saturated carbocycles. The van der Waals surface area contributed by atoms with Crippen molar-refractivity contribution >= 4 is 8.07 Å². The molecule has 0 amide bonds. The molecule has 4 heteroatoms. The van der Waals surface area contributed by atoms with Gasteiger partial charge in [0.05, 0.1) is 19.8 Å². The Kier molecular flexibility index (Phi) is 12.4. The lowest BCUT2D eigenvalue weighted by molar-refractivity contribution is -0.0969. The van der Waals surface area contributed by atoms with Gasteiger partial charge in [-0.15, -0.1) is 0 Å². The topological polar surface area (TPSA) is 21.7 Å². The lowest BCUT2D eigenvalue weighted by Crippen LogP contribution is -2.54. The zero-order chi connectivity index (χ0) is 43.7. The number of nitrogens with zero attached hydrogens (tertiary/aromatic N) is 1. The van der Waals surface area contributed by atoms with Gasteiger partial charge in [-0.2, -0.15) is 0 Å². The van der Waals surface area contributed by atoms with Gasteiger partial charge in [0, 0.05) is 25.8 Å². The van der Waals surface area contributed by atoms with Crippen LogP contribution in [0.2, 0.25) is 23.7 Å². The van der Waals surface area contributed by atoms with Crippen LogP contribution in [0.5, 0.6) is 0 Å². The molecule has 3 nitrogen and oxygen atoms in total. The standard InChI is InChI=1S/C57H101NO2Si/c1-53(2,3)60-29-19-15-16-20-30-61(14,52-38-22-18-17-21-37(38)50-49(52)43-31-36(59-13)23-24-48(43)58(50)12)51-41-34-46-44(54(4,5)25-27-56(46,8)9)32-39(41)40-33-45-47(35-42(40)51)57(10,11)28-26-55(45,6)7/h36-52H,15-35H2,1-14H3. The molecule has 0 bridgehead atoms. The lowest BCUT2D eigenvalue weighted by Gasteiger charge is -2.59. The summed E-state index contributed by atoms with van der Waals surface area (Å²) < 4.78 is 12.6. The van der Waals surface area contributed by atoms with Gasteiger partial charge in [-0.25, -0.2) is 0 Å². The Hall–Kier alpha value is 0.0969. The van der Waals surface area contributed by atoms with Crippen molar-refractivity contribution in [2.75, 3.05) is 20.8 Å². The van der Waals surface area contributed by atoms with Crippen molar-refractivity contribution in [1.29, 1.82) is 0 Å². The van der Waals surface area contributed by atoms with Crippen LogP contribution in [0.3, 0.4) is 0 Å². The minimum atomic E-state index is -1.91. The minimum Gasteiger partial charge on any atom is -0.381 e. The van der Waals surface area contributed by atoms with Crippen molar-refractivity contribution in [2.45, 2.75) is 246 Å². The van der Waals surface area contributed by atoms with E-state index >= 15 is 0 Å². The summed E-state index contributed by atoms with van der Waals surface area (Å²) in [6.07, 6.45) is 28.2. The highest BCUT2D eigenvalue weighted by molar-refractivity contribution is 6.81. The Morgan fingerprint density at radius 2 is 1.05 bits per heavy atom. The molecule has 0 aromatic carbocycles. The van der Waals surface area contributed by atoms with Crippen LogP contribution in [-0.4, -0.2) is 57.5 Å². The molecule has 1 saturated heterocycles. The van der Waals surface area contributed by atoms with Crippen LogP contribution in [0, 0.1) is 92.7 Å². The summed E-state index contributed by atoms with van der Waals surface area (Å²) >= 11 is 0. The maximum Gasteiger partial charge on any atom is 0.0598 e. The third kappa shape index (κ3) is 7.91. The Morgan fingerprint density at radius 1 is 0.557 bits per heavy atom. The van der Waals surface area contributed by atoms with Gasteiger partial charge in [-0.05, 0) is 215 Å². The van der Waals surface area contributed by atoms with E-state index in [1.54, 1.807) is 38.1 Å². The molecular weight excluding hydrogens is 759 g/mol. The van der Waals surface area contributed by atoms with Gasteiger partial charge in [0.25, 0.3) is 0 Å². The van der Waals surface area contributed by atoms with Crippen LogP contribution in [-0.2, 0) is 9.47 Å². The van der Waals surface area contributed by atoms with Gasteiger partial charge < -0.3 is 9.47 Å². The second-order valence-corrected chi connectivity index (χ2v) is 33.8. The second kappa shape index (κ2) is 16.4. The zero-order valence-electron chi connectivity index (χ0n) is 42.9. The van der Waals surface area contributed by atoms with E-state index in [9.17, 15) is 0 Å². The monoisotopic (exact) mass is 860 g/mol. The van der Waals surface area contributed by atoms with Crippen molar-refractivity contribution in [3.05, 3.63) is 0 Å². The highest BCUT2D eigenvalue weighted by Crippen LogP contribution is 2.76. The van der Waals surface area contributed by atoms with Crippen molar-refractivity contribution in [2.24, 2.45) is 92.7 Å². The normalized spacial score (nSPS) is 47.8. The molecular formula is C57H101NO2Si. The molecule has 17 atom stereocenters. The number of unbranched alkanes of at least 4 members (excludes halogenated alkanes) is 3. The van der Waals surface area contributed by atoms with Crippen LogP contribution < -0.4 is 0 Å². The van der Waals surface area contributed by atoms with E-state index in [1.807, 2.05) is 7.11 Å². The molecule has 0 aromatic rings. The Morgan fingerprint density at radius 3 is 1.56 bits per heavy atom. The molecule has 350 valence electrons. The predicted molar refractivity (Wildman–Crippen MR) is 260 cm³/mol. The molecule has 61 heavy (non-hydrogen) atoms. The molecule has 9 aliphatic rings. The molecule has 8 aliphatic carbocycles. The fraction of sp³-hybridized carbons (Fsp3) is 1.00. The van der Waals surface area contributed by atoms with Crippen LogP contribution >= 0.6 is 0 Å². The van der Waals surface area contributed by atoms with Gasteiger partial charge in [-0.3, -0.25) is 4.90 Å². The molecule has 0 radical (unpaired) electrons. The van der Waals surface area contributed by atoms with E-state index in [-0.39, 0.29) is 5.60 Å². The van der Waals surface area contributed by atoms with Gasteiger partial charge in [0.1, 0.15) is 0 Å². The highest BCUT2D eigenvalue weighted by Gasteiger charge is 2.71. The van der Waals surface area contributed by atoms with E-state index in [1.165, 1.54) is 89.9 Å². The molecule has 0 aromatic heterocycles. The van der Waals surface area contributed by atoms with Crippen LogP contribution in [0.15, 0.2) is 0 Å². The maximum atomic E-state index is 6.35. The molecule has 9 rings (SSSR count). The van der Waals surface area contributed by atoms with Crippen LogP contribution in [0.1, 0.15) is 198 Å². The summed E-state index contributed by atoms with van der Waals surface area (Å²) in [4.78, 5) is 3.09. The molecule has 1 aliphatic heterocycles. The number of rotatable bonds is 10. The second-order valence-electron chi connectivity index (χ2n) is 28.9. The molecule has 9 fully saturated rings. The Labute approximate surface area is 379 Å². The Bertz CT molecular complexity index is 1490. The molecule has 0 spiro atoms. The third-order valence-corrected chi connectivity index (χ3v) is 29.5. The zero-order valence-corrected chi connectivity index (χ0v) is 43.9. The van der Waals surface area contributed by atoms with E-state index in [0.717, 1.165) is 101 Å². The van der Waals surface area contributed by atoms with E-state index in [4.69, 9.17) is 9.47 Å². The SMILES string of the molecule is COC1CCC2C(C1)C1C(C3CCCCC3C1[Si](C)(CCCCCCOC(C)(C)C)C1C3CC4C(CC3C3CC5C(CC31)C(C)(C)CCC5(C)C)C(C)(C)CCC4(C)C)N2C. The first-order chi connectivity index (χ1) is 28.6. The summed E-state index contributed by atoms with van der Waals surface area (Å²) in [7, 11) is 2.79. The summed E-state index contributed by atoms with van der Waals surface area (Å²) in [6.45, 7) is 32.7. The number of ether oxygens (including phenoxy) is 2. The molecule has 17 unspecified atom stereocenters. The number of fused-ring (bicyclic) bond motifs is 10. The Balaban J connectivity index is 1.15. The summed E-state index contributed by atoms with van der Waals surface area (Å²) in [5, 5.41) is 0. The van der Waals surface area contributed by atoms with Gasteiger partial charge in [-0.1, -0.05) is 107 Å². The van der Waals surface area contributed by atoms with Crippen molar-refractivity contribution < 1.29 is 9.47 Å². The smallest absolute Gasteiger partial charge is 0.0598 e. The number of hydrogen-bond acceptors (Lipinski definition) is 3. The van der Waals surface area contributed by atoms with Gasteiger partial charge in [0.2, 0.25) is 0 Å². The van der Waals surface area contributed by atoms with Crippen molar-refractivity contribution in [3.63, 3.8) is 0 Å². The van der Waals surface area contributed by atoms with Crippen molar-refractivity contribution in [1.82, 2.24) is 4.90 Å². The fourth-order valence-corrected chi connectivity index (χ4v) is 27.9. The first-order valence-electron chi connectivity index (χ1n) is 27.5. The van der Waals surface area contributed by atoms with Crippen molar-refractivity contribution in [3.8, 4) is 0 Å². The van der Waals surface area contributed by atoms with E-state index < -0.39 is 8.07 Å². The third-order valence-electron chi connectivity index (χ3n) is 23.4. The average Bonchev–Trinajstić information content (AvgIpc) is 3.82. The van der Waals surface area contributed by atoms with Crippen LogP contribution in [0.25, 0.3) is 0 Å².